The van der Waals surface area contributed by atoms with Crippen molar-refractivity contribution < 1.29 is 9.53 Å². The zero-order valence-electron chi connectivity index (χ0n) is 14.3. The van der Waals surface area contributed by atoms with Crippen molar-refractivity contribution >= 4 is 11.6 Å². The maximum Gasteiger partial charge on any atom is 0.245 e. The molecule has 2 aromatic rings. The van der Waals surface area contributed by atoms with Crippen LogP contribution in [0.1, 0.15) is 19.4 Å². The first-order valence-electron chi connectivity index (χ1n) is 8.34. The molecular formula is C18H24N4O2. The van der Waals surface area contributed by atoms with Crippen molar-refractivity contribution in [2.24, 2.45) is 0 Å². The summed E-state index contributed by atoms with van der Waals surface area (Å²) in [7, 11) is 1.67. The molecule has 6 heteroatoms. The lowest BCUT2D eigenvalue weighted by Crippen LogP contribution is -2.38. The Bertz CT molecular complexity index is 654. The number of ether oxygens (including phenoxy) is 1. The fourth-order valence-corrected chi connectivity index (χ4v) is 3.08. The number of hydrogen-bond acceptors (Lipinski definition) is 4. The molecule has 1 atom stereocenters. The first-order valence-corrected chi connectivity index (χ1v) is 8.34. The van der Waals surface area contributed by atoms with E-state index >= 15 is 0 Å². The van der Waals surface area contributed by atoms with Gasteiger partial charge in [0.1, 0.15) is 11.8 Å². The van der Waals surface area contributed by atoms with E-state index in [4.69, 9.17) is 4.74 Å². The minimum absolute atomic E-state index is 0.157. The second-order valence-electron chi connectivity index (χ2n) is 6.05. The molecule has 1 saturated heterocycles. The Kier molecular flexibility index (Phi) is 5.03. The van der Waals surface area contributed by atoms with Gasteiger partial charge in [0.05, 0.1) is 13.4 Å². The van der Waals surface area contributed by atoms with Gasteiger partial charge in [-0.15, -0.1) is 0 Å². The highest BCUT2D eigenvalue weighted by atomic mass is 16.5. The van der Waals surface area contributed by atoms with Gasteiger partial charge in [-0.2, -0.15) is 0 Å². The number of anilines is 1. The van der Waals surface area contributed by atoms with Crippen molar-refractivity contribution in [3.05, 3.63) is 43.0 Å². The summed E-state index contributed by atoms with van der Waals surface area (Å²) >= 11 is 0. The van der Waals surface area contributed by atoms with Crippen LogP contribution in [0.2, 0.25) is 0 Å². The molecule has 24 heavy (non-hydrogen) atoms. The SMILES string of the molecule is COc1ccc(N2CCCN(C(=O)[C@H](C)n3ccnc3)CC2)cc1. The van der Waals surface area contributed by atoms with Crippen LogP contribution in [-0.4, -0.2) is 53.6 Å². The van der Waals surface area contributed by atoms with Gasteiger partial charge < -0.3 is 19.1 Å². The number of amides is 1. The second-order valence-corrected chi connectivity index (χ2v) is 6.05. The highest BCUT2D eigenvalue weighted by Crippen LogP contribution is 2.21. The molecule has 2 heterocycles. The molecular weight excluding hydrogens is 304 g/mol. The number of carbonyl (C=O) groups excluding carboxylic acids is 1. The van der Waals surface area contributed by atoms with Crippen LogP contribution >= 0.6 is 0 Å². The molecule has 0 bridgehead atoms. The van der Waals surface area contributed by atoms with Gasteiger partial charge in [0.2, 0.25) is 5.91 Å². The Labute approximate surface area is 142 Å². The fraction of sp³-hybridized carbons (Fsp3) is 0.444. The molecule has 3 rings (SSSR count). The molecule has 1 aromatic heterocycles. The standard InChI is InChI=1S/C18H24N4O2/c1-15(22-11-8-19-14-22)18(23)21-10-3-9-20(12-13-21)16-4-6-17(24-2)7-5-16/h4-8,11,14-15H,3,9-10,12-13H2,1-2H3/t15-/m0/s1. The van der Waals surface area contributed by atoms with Crippen LogP contribution in [0.3, 0.4) is 0 Å². The van der Waals surface area contributed by atoms with Gasteiger partial charge in [-0.1, -0.05) is 0 Å². The lowest BCUT2D eigenvalue weighted by molar-refractivity contribution is -0.134. The first kappa shape index (κ1) is 16.4. The highest BCUT2D eigenvalue weighted by Gasteiger charge is 2.24. The molecule has 1 fully saturated rings. The van der Waals surface area contributed by atoms with E-state index in [1.807, 2.05) is 34.7 Å². The van der Waals surface area contributed by atoms with E-state index in [1.165, 1.54) is 5.69 Å². The predicted octanol–water partition coefficient (Wildman–Crippen LogP) is 2.19. The van der Waals surface area contributed by atoms with Crippen molar-refractivity contribution in [3.8, 4) is 5.75 Å². The minimum Gasteiger partial charge on any atom is -0.497 e. The number of carbonyl (C=O) groups is 1. The Morgan fingerprint density at radius 3 is 2.62 bits per heavy atom. The molecule has 0 unspecified atom stereocenters. The average Bonchev–Trinajstić information content (AvgIpc) is 3.05. The van der Waals surface area contributed by atoms with Gasteiger partial charge in [-0.25, -0.2) is 4.98 Å². The zero-order chi connectivity index (χ0) is 16.9. The summed E-state index contributed by atoms with van der Waals surface area (Å²) in [6, 6.07) is 7.89. The largest absolute Gasteiger partial charge is 0.497 e. The molecule has 128 valence electrons. The van der Waals surface area contributed by atoms with E-state index in [0.29, 0.717) is 0 Å². The van der Waals surface area contributed by atoms with Gasteiger partial charge >= 0.3 is 0 Å². The van der Waals surface area contributed by atoms with E-state index in [0.717, 1.165) is 38.3 Å². The predicted molar refractivity (Wildman–Crippen MR) is 93.3 cm³/mol. The molecule has 0 N–H and O–H groups in total. The number of benzene rings is 1. The maximum atomic E-state index is 12.7. The molecule has 0 aliphatic carbocycles. The topological polar surface area (TPSA) is 50.6 Å². The fourth-order valence-electron chi connectivity index (χ4n) is 3.08. The lowest BCUT2D eigenvalue weighted by atomic mass is 10.2. The molecule has 6 nitrogen and oxygen atoms in total. The van der Waals surface area contributed by atoms with E-state index in [1.54, 1.807) is 19.6 Å². The summed E-state index contributed by atoms with van der Waals surface area (Å²) in [5.41, 5.74) is 1.17. The summed E-state index contributed by atoms with van der Waals surface area (Å²) in [6.07, 6.45) is 6.21. The van der Waals surface area contributed by atoms with Gasteiger partial charge in [-0.3, -0.25) is 4.79 Å². The quantitative estimate of drug-likeness (QED) is 0.863. The summed E-state index contributed by atoms with van der Waals surface area (Å²) < 4.78 is 7.07. The first-order chi connectivity index (χ1) is 11.7. The van der Waals surface area contributed by atoms with Crippen LogP contribution in [0.4, 0.5) is 5.69 Å². The molecule has 1 amide bonds. The van der Waals surface area contributed by atoms with E-state index in [-0.39, 0.29) is 11.9 Å². The molecule has 1 aliphatic rings. The zero-order valence-corrected chi connectivity index (χ0v) is 14.3. The highest BCUT2D eigenvalue weighted by molar-refractivity contribution is 5.80. The summed E-state index contributed by atoms with van der Waals surface area (Å²) in [5.74, 6) is 1.02. The summed E-state index contributed by atoms with van der Waals surface area (Å²) in [4.78, 5) is 21.0. The summed E-state index contributed by atoms with van der Waals surface area (Å²) in [5, 5.41) is 0. The van der Waals surface area contributed by atoms with E-state index < -0.39 is 0 Å². The van der Waals surface area contributed by atoms with Crippen molar-refractivity contribution in [1.82, 2.24) is 14.5 Å². The number of imidazole rings is 1. The minimum atomic E-state index is -0.208. The maximum absolute atomic E-state index is 12.7. The van der Waals surface area contributed by atoms with Gasteiger partial charge in [0.25, 0.3) is 0 Å². The molecule has 0 saturated carbocycles. The van der Waals surface area contributed by atoms with Crippen LogP contribution in [0.5, 0.6) is 5.75 Å². The van der Waals surface area contributed by atoms with Crippen molar-refractivity contribution in [1.29, 1.82) is 0 Å². The van der Waals surface area contributed by atoms with Crippen LogP contribution in [-0.2, 0) is 4.79 Å². The Hall–Kier alpha value is -2.50. The monoisotopic (exact) mass is 328 g/mol. The van der Waals surface area contributed by atoms with Crippen molar-refractivity contribution in [2.45, 2.75) is 19.4 Å². The lowest BCUT2D eigenvalue weighted by Gasteiger charge is -2.26. The van der Waals surface area contributed by atoms with Crippen LogP contribution < -0.4 is 9.64 Å². The summed E-state index contributed by atoms with van der Waals surface area (Å²) in [6.45, 7) is 5.26. The normalized spacial score (nSPS) is 16.6. The molecule has 1 aromatic carbocycles. The second kappa shape index (κ2) is 7.38. The Morgan fingerprint density at radius 1 is 1.17 bits per heavy atom. The van der Waals surface area contributed by atoms with Gasteiger partial charge in [0.15, 0.2) is 0 Å². The number of methoxy groups -OCH3 is 1. The number of aromatic nitrogens is 2. The van der Waals surface area contributed by atoms with Crippen LogP contribution in [0, 0.1) is 0 Å². The van der Waals surface area contributed by atoms with Gasteiger partial charge in [0, 0.05) is 44.3 Å². The van der Waals surface area contributed by atoms with Crippen molar-refractivity contribution in [3.63, 3.8) is 0 Å². The number of rotatable bonds is 4. The van der Waals surface area contributed by atoms with Gasteiger partial charge in [-0.05, 0) is 37.6 Å². The van der Waals surface area contributed by atoms with E-state index in [2.05, 4.69) is 22.0 Å². The third-order valence-electron chi connectivity index (χ3n) is 4.57. The third-order valence-corrected chi connectivity index (χ3v) is 4.57. The smallest absolute Gasteiger partial charge is 0.245 e. The Balaban J connectivity index is 1.63. The molecule has 0 spiro atoms. The van der Waals surface area contributed by atoms with Crippen molar-refractivity contribution in [2.75, 3.05) is 38.2 Å². The number of nitrogens with zero attached hydrogens (tertiary/aromatic N) is 4. The molecule has 1 aliphatic heterocycles. The Morgan fingerprint density at radius 2 is 1.96 bits per heavy atom. The van der Waals surface area contributed by atoms with E-state index in [9.17, 15) is 4.79 Å². The number of hydrogen-bond donors (Lipinski definition) is 0. The third kappa shape index (κ3) is 3.53. The average molecular weight is 328 g/mol. The van der Waals surface area contributed by atoms with Crippen LogP contribution in [0.25, 0.3) is 0 Å². The van der Waals surface area contributed by atoms with Crippen LogP contribution in [0.15, 0.2) is 43.0 Å². The molecule has 0 radical (unpaired) electrons.